The first-order valence-corrected chi connectivity index (χ1v) is 11.7. The molecule has 1 saturated heterocycles. The van der Waals surface area contributed by atoms with Crippen molar-refractivity contribution >= 4 is 29.0 Å². The Kier molecular flexibility index (Phi) is 6.30. The Morgan fingerprint density at radius 1 is 1.25 bits per heavy atom. The molecule has 0 unspecified atom stereocenters. The quantitative estimate of drug-likeness (QED) is 0.705. The fourth-order valence-corrected chi connectivity index (χ4v) is 5.43. The maximum Gasteiger partial charge on any atom is 0.233 e. The van der Waals surface area contributed by atoms with Crippen molar-refractivity contribution in [2.45, 2.75) is 37.3 Å². The second-order valence-electron chi connectivity index (χ2n) is 7.29. The van der Waals surface area contributed by atoms with E-state index in [1.807, 2.05) is 11.0 Å². The summed E-state index contributed by atoms with van der Waals surface area (Å²) in [4.78, 5) is 23.1. The summed E-state index contributed by atoms with van der Waals surface area (Å²) in [5.41, 5.74) is 2.93. The van der Waals surface area contributed by atoms with Crippen molar-refractivity contribution in [3.8, 4) is 6.07 Å². The van der Waals surface area contributed by atoms with Crippen molar-refractivity contribution in [2.75, 3.05) is 31.9 Å². The van der Waals surface area contributed by atoms with Gasteiger partial charge in [0, 0.05) is 43.3 Å². The zero-order valence-corrected chi connectivity index (χ0v) is 17.5. The Balaban J connectivity index is 1.31. The Morgan fingerprint density at radius 3 is 2.82 bits per heavy atom. The monoisotopic (exact) mass is 412 g/mol. The summed E-state index contributed by atoms with van der Waals surface area (Å²) in [6.45, 7) is 4.34. The van der Waals surface area contributed by atoms with Crippen LogP contribution in [0.4, 0.5) is 0 Å². The average Bonchev–Trinajstić information content (AvgIpc) is 3.25. The second-order valence-corrected chi connectivity index (χ2v) is 9.29. The van der Waals surface area contributed by atoms with Crippen LogP contribution in [0, 0.1) is 11.3 Å². The molecule has 1 aliphatic carbocycles. The molecule has 146 valence electrons. The number of carbonyl (C=O) groups is 1. The lowest BCUT2D eigenvalue weighted by Gasteiger charge is -2.34. The van der Waals surface area contributed by atoms with Gasteiger partial charge in [0.05, 0.1) is 11.3 Å². The summed E-state index contributed by atoms with van der Waals surface area (Å²) < 4.78 is 0. The number of nitriles is 1. The van der Waals surface area contributed by atoms with E-state index in [9.17, 15) is 10.1 Å². The second kappa shape index (κ2) is 9.08. The van der Waals surface area contributed by atoms with Crippen LogP contribution in [0.25, 0.3) is 0 Å². The number of aryl methyl sites for hydroxylation is 2. The highest BCUT2D eigenvalue weighted by Crippen LogP contribution is 2.27. The van der Waals surface area contributed by atoms with Gasteiger partial charge in [0.15, 0.2) is 0 Å². The number of aromatic nitrogens is 1. The van der Waals surface area contributed by atoms with Crippen LogP contribution >= 0.6 is 23.1 Å². The van der Waals surface area contributed by atoms with Gasteiger partial charge in [-0.3, -0.25) is 9.69 Å². The number of hydrogen-bond donors (Lipinski definition) is 0. The van der Waals surface area contributed by atoms with Crippen LogP contribution < -0.4 is 0 Å². The first kappa shape index (κ1) is 19.4. The smallest absolute Gasteiger partial charge is 0.233 e. The number of amides is 1. The first-order valence-electron chi connectivity index (χ1n) is 9.81. The van der Waals surface area contributed by atoms with Crippen LogP contribution in [-0.2, 0) is 24.2 Å². The minimum atomic E-state index is 0.143. The van der Waals surface area contributed by atoms with E-state index in [4.69, 9.17) is 4.98 Å². The number of thiophene rings is 1. The molecule has 2 aromatic heterocycles. The van der Waals surface area contributed by atoms with Crippen LogP contribution in [0.3, 0.4) is 0 Å². The van der Waals surface area contributed by atoms with E-state index in [2.05, 4.69) is 28.5 Å². The van der Waals surface area contributed by atoms with E-state index >= 15 is 0 Å². The van der Waals surface area contributed by atoms with E-state index in [0.29, 0.717) is 16.3 Å². The third-order valence-electron chi connectivity index (χ3n) is 5.40. The highest BCUT2D eigenvalue weighted by Gasteiger charge is 2.22. The first-order chi connectivity index (χ1) is 13.7. The number of thioether (sulfide) groups is 1. The number of piperazine rings is 1. The van der Waals surface area contributed by atoms with Crippen molar-refractivity contribution < 1.29 is 4.79 Å². The van der Waals surface area contributed by atoms with Crippen LogP contribution in [-0.4, -0.2) is 52.6 Å². The molecule has 1 amide bonds. The van der Waals surface area contributed by atoms with E-state index < -0.39 is 0 Å². The molecule has 0 bridgehead atoms. The molecular weight excluding hydrogens is 388 g/mol. The van der Waals surface area contributed by atoms with Crippen LogP contribution in [0.5, 0.6) is 0 Å². The molecule has 5 nitrogen and oxygen atoms in total. The summed E-state index contributed by atoms with van der Waals surface area (Å²) >= 11 is 3.20. The molecule has 0 radical (unpaired) electrons. The minimum Gasteiger partial charge on any atom is -0.339 e. The van der Waals surface area contributed by atoms with Gasteiger partial charge in [0.2, 0.25) is 5.91 Å². The number of carbonyl (C=O) groups excluding carboxylic acids is 1. The molecular formula is C21H24N4OS2. The SMILES string of the molecule is N#Cc1cc2c(nc1SCC(=O)N1CCN(Cc3cccs3)CC1)CCCC2. The molecule has 0 spiro atoms. The molecule has 0 saturated carbocycles. The molecule has 4 rings (SSSR count). The summed E-state index contributed by atoms with van der Waals surface area (Å²) in [5, 5.41) is 12.3. The molecule has 1 fully saturated rings. The fraction of sp³-hybridized carbons (Fsp3) is 0.476. The third-order valence-corrected chi connectivity index (χ3v) is 7.24. The van der Waals surface area contributed by atoms with Crippen LogP contribution in [0.2, 0.25) is 0 Å². The third kappa shape index (κ3) is 4.57. The standard InChI is InChI=1S/C21H24N4OS2/c22-13-17-12-16-4-1-2-6-19(16)23-21(17)28-15-20(26)25-9-7-24(8-10-25)14-18-5-3-11-27-18/h3,5,11-12H,1-2,4,6-10,14-15H2. The van der Waals surface area contributed by atoms with Crippen molar-refractivity contribution in [1.29, 1.82) is 5.26 Å². The molecule has 0 N–H and O–H groups in total. The average molecular weight is 413 g/mol. The maximum absolute atomic E-state index is 12.7. The number of rotatable bonds is 5. The van der Waals surface area contributed by atoms with Gasteiger partial charge in [0.25, 0.3) is 0 Å². The molecule has 3 heterocycles. The van der Waals surface area contributed by atoms with E-state index in [1.54, 1.807) is 11.3 Å². The highest BCUT2D eigenvalue weighted by atomic mass is 32.2. The van der Waals surface area contributed by atoms with Gasteiger partial charge in [-0.2, -0.15) is 5.26 Å². The predicted molar refractivity (Wildman–Crippen MR) is 112 cm³/mol. The Bertz CT molecular complexity index is 867. The number of fused-ring (bicyclic) bond motifs is 1. The molecule has 0 aromatic carbocycles. The Morgan fingerprint density at radius 2 is 2.07 bits per heavy atom. The zero-order valence-electron chi connectivity index (χ0n) is 15.9. The summed E-state index contributed by atoms with van der Waals surface area (Å²) in [6, 6.07) is 8.49. The van der Waals surface area contributed by atoms with Crippen LogP contribution in [0.15, 0.2) is 28.6 Å². The lowest BCUT2D eigenvalue weighted by Crippen LogP contribution is -2.48. The number of nitrogens with zero attached hydrogens (tertiary/aromatic N) is 4. The fourth-order valence-electron chi connectivity index (χ4n) is 3.80. The highest BCUT2D eigenvalue weighted by molar-refractivity contribution is 8.00. The van der Waals surface area contributed by atoms with Crippen molar-refractivity contribution in [2.24, 2.45) is 0 Å². The summed E-state index contributed by atoms with van der Waals surface area (Å²) in [6.07, 6.45) is 4.32. The minimum absolute atomic E-state index is 0.143. The largest absolute Gasteiger partial charge is 0.339 e. The summed E-state index contributed by atoms with van der Waals surface area (Å²) in [7, 11) is 0. The molecule has 28 heavy (non-hydrogen) atoms. The van der Waals surface area contributed by atoms with Gasteiger partial charge in [-0.05, 0) is 48.8 Å². The molecule has 0 atom stereocenters. The van der Waals surface area contributed by atoms with Gasteiger partial charge >= 0.3 is 0 Å². The topological polar surface area (TPSA) is 60.2 Å². The van der Waals surface area contributed by atoms with Gasteiger partial charge in [-0.15, -0.1) is 11.3 Å². The van der Waals surface area contributed by atoms with Crippen molar-refractivity contribution in [3.05, 3.63) is 45.3 Å². The molecule has 2 aliphatic rings. The van der Waals surface area contributed by atoms with Gasteiger partial charge in [0.1, 0.15) is 11.1 Å². The van der Waals surface area contributed by atoms with E-state index in [0.717, 1.165) is 57.7 Å². The zero-order chi connectivity index (χ0) is 19.3. The van der Waals surface area contributed by atoms with Gasteiger partial charge < -0.3 is 4.90 Å². The summed E-state index contributed by atoms with van der Waals surface area (Å²) in [5.74, 6) is 0.495. The van der Waals surface area contributed by atoms with Crippen molar-refractivity contribution in [1.82, 2.24) is 14.8 Å². The van der Waals surface area contributed by atoms with Crippen molar-refractivity contribution in [3.63, 3.8) is 0 Å². The maximum atomic E-state index is 12.7. The Labute approximate surface area is 174 Å². The lowest BCUT2D eigenvalue weighted by molar-refractivity contribution is -0.130. The van der Waals surface area contributed by atoms with Crippen LogP contribution in [0.1, 0.15) is 34.5 Å². The lowest BCUT2D eigenvalue weighted by atomic mass is 9.95. The van der Waals surface area contributed by atoms with Gasteiger partial charge in [-0.1, -0.05) is 17.8 Å². The number of pyridine rings is 1. The molecule has 1 aliphatic heterocycles. The predicted octanol–water partition coefficient (Wildman–Crippen LogP) is 3.33. The Hall–Kier alpha value is -1.88. The van der Waals surface area contributed by atoms with E-state index in [-0.39, 0.29) is 5.91 Å². The molecule has 7 heteroatoms. The van der Waals surface area contributed by atoms with Gasteiger partial charge in [-0.25, -0.2) is 4.98 Å². The number of hydrogen-bond acceptors (Lipinski definition) is 6. The van der Waals surface area contributed by atoms with E-state index in [1.165, 1.54) is 28.6 Å². The normalized spacial score (nSPS) is 17.2. The molecule has 2 aromatic rings.